The summed E-state index contributed by atoms with van der Waals surface area (Å²) < 4.78 is 5.41. The van der Waals surface area contributed by atoms with Crippen LogP contribution in [0.2, 0.25) is 0 Å². The van der Waals surface area contributed by atoms with Gasteiger partial charge in [0.15, 0.2) is 5.82 Å². The van der Waals surface area contributed by atoms with E-state index in [2.05, 4.69) is 44.4 Å². The average molecular weight is 301 g/mol. The highest BCUT2D eigenvalue weighted by Crippen LogP contribution is 2.32. The van der Waals surface area contributed by atoms with Crippen LogP contribution in [0.3, 0.4) is 0 Å². The molecule has 1 aromatic carbocycles. The monoisotopic (exact) mass is 301 g/mol. The molecule has 2 aromatic heterocycles. The SMILES string of the molecule is Cc1ccc(-c2nc(S[C@@H](C)c3nnc(C)o3)n[nH]2)cc1. The van der Waals surface area contributed by atoms with Crippen LogP contribution < -0.4 is 0 Å². The van der Waals surface area contributed by atoms with Gasteiger partial charge in [-0.3, -0.25) is 5.10 Å². The van der Waals surface area contributed by atoms with Gasteiger partial charge in [0, 0.05) is 12.5 Å². The Morgan fingerprint density at radius 3 is 2.57 bits per heavy atom. The van der Waals surface area contributed by atoms with Gasteiger partial charge in [-0.25, -0.2) is 4.98 Å². The first-order chi connectivity index (χ1) is 10.1. The Morgan fingerprint density at radius 2 is 1.90 bits per heavy atom. The number of aryl methyl sites for hydroxylation is 2. The van der Waals surface area contributed by atoms with Crippen LogP contribution in [-0.4, -0.2) is 25.4 Å². The van der Waals surface area contributed by atoms with Crippen LogP contribution in [0.1, 0.15) is 29.5 Å². The summed E-state index contributed by atoms with van der Waals surface area (Å²) in [7, 11) is 0. The molecular formula is C14H15N5OS. The summed E-state index contributed by atoms with van der Waals surface area (Å²) in [5.41, 5.74) is 2.23. The Kier molecular flexibility index (Phi) is 3.74. The van der Waals surface area contributed by atoms with Gasteiger partial charge in [-0.15, -0.1) is 15.3 Å². The van der Waals surface area contributed by atoms with Crippen LogP contribution in [0.4, 0.5) is 0 Å². The lowest BCUT2D eigenvalue weighted by molar-refractivity contribution is 0.470. The molecule has 6 nitrogen and oxygen atoms in total. The van der Waals surface area contributed by atoms with Gasteiger partial charge >= 0.3 is 0 Å². The van der Waals surface area contributed by atoms with Gasteiger partial charge in [0.1, 0.15) is 0 Å². The van der Waals surface area contributed by atoms with Crippen LogP contribution in [0.25, 0.3) is 11.4 Å². The highest BCUT2D eigenvalue weighted by molar-refractivity contribution is 7.99. The quantitative estimate of drug-likeness (QED) is 0.744. The minimum Gasteiger partial charge on any atom is -0.424 e. The molecule has 3 aromatic rings. The van der Waals surface area contributed by atoms with E-state index in [1.165, 1.54) is 17.3 Å². The third kappa shape index (κ3) is 3.13. The van der Waals surface area contributed by atoms with E-state index < -0.39 is 0 Å². The van der Waals surface area contributed by atoms with Gasteiger partial charge in [0.25, 0.3) is 0 Å². The van der Waals surface area contributed by atoms with E-state index in [9.17, 15) is 0 Å². The van der Waals surface area contributed by atoms with Crippen molar-refractivity contribution in [1.29, 1.82) is 0 Å². The second kappa shape index (κ2) is 5.69. The predicted octanol–water partition coefficient (Wildman–Crippen LogP) is 3.32. The Labute approximate surface area is 126 Å². The summed E-state index contributed by atoms with van der Waals surface area (Å²) in [6.45, 7) is 5.81. The van der Waals surface area contributed by atoms with Gasteiger partial charge in [-0.05, 0) is 13.8 Å². The summed E-state index contributed by atoms with van der Waals surface area (Å²) in [5, 5.41) is 15.7. The zero-order valence-corrected chi connectivity index (χ0v) is 12.8. The van der Waals surface area contributed by atoms with Crippen molar-refractivity contribution in [3.8, 4) is 11.4 Å². The number of nitrogens with one attached hydrogen (secondary N) is 1. The van der Waals surface area contributed by atoms with Gasteiger partial charge in [-0.2, -0.15) is 0 Å². The normalized spacial score (nSPS) is 12.5. The van der Waals surface area contributed by atoms with Gasteiger partial charge in [0.2, 0.25) is 16.9 Å². The maximum Gasteiger partial charge on any atom is 0.229 e. The van der Waals surface area contributed by atoms with Crippen molar-refractivity contribution in [2.45, 2.75) is 31.2 Å². The summed E-state index contributed by atoms with van der Waals surface area (Å²) >= 11 is 1.48. The van der Waals surface area contributed by atoms with E-state index in [0.717, 1.165) is 11.4 Å². The molecule has 7 heteroatoms. The Bertz CT molecular complexity index is 734. The highest BCUT2D eigenvalue weighted by Gasteiger charge is 2.17. The van der Waals surface area contributed by atoms with Crippen molar-refractivity contribution in [2.75, 3.05) is 0 Å². The van der Waals surface area contributed by atoms with Crippen molar-refractivity contribution >= 4 is 11.8 Å². The standard InChI is InChI=1S/C14H15N5OS/c1-8-4-6-11(7-5-8)12-15-14(19-17-12)21-9(2)13-18-16-10(3)20-13/h4-7,9H,1-3H3,(H,15,17,19)/t9-/m0/s1. The minimum absolute atomic E-state index is 0.00729. The minimum atomic E-state index is 0.00729. The summed E-state index contributed by atoms with van der Waals surface area (Å²) in [4.78, 5) is 4.49. The molecule has 0 aliphatic carbocycles. The molecule has 1 N–H and O–H groups in total. The Balaban J connectivity index is 1.74. The Morgan fingerprint density at radius 1 is 1.14 bits per heavy atom. The first-order valence-corrected chi connectivity index (χ1v) is 7.46. The molecule has 0 aliphatic heterocycles. The zero-order chi connectivity index (χ0) is 14.8. The summed E-state index contributed by atoms with van der Waals surface area (Å²) in [6, 6.07) is 8.15. The number of thioether (sulfide) groups is 1. The molecule has 0 bridgehead atoms. The van der Waals surface area contributed by atoms with E-state index in [0.29, 0.717) is 16.9 Å². The smallest absolute Gasteiger partial charge is 0.229 e. The molecule has 1 atom stereocenters. The molecule has 21 heavy (non-hydrogen) atoms. The number of aromatic nitrogens is 5. The number of nitrogens with zero attached hydrogens (tertiary/aromatic N) is 4. The maximum atomic E-state index is 5.41. The fourth-order valence-corrected chi connectivity index (χ4v) is 2.58. The van der Waals surface area contributed by atoms with E-state index in [4.69, 9.17) is 4.42 Å². The number of aromatic amines is 1. The van der Waals surface area contributed by atoms with Gasteiger partial charge in [-0.1, -0.05) is 41.6 Å². The molecule has 0 fully saturated rings. The predicted molar refractivity (Wildman–Crippen MR) is 79.9 cm³/mol. The number of H-pyrrole nitrogens is 1. The van der Waals surface area contributed by atoms with Crippen molar-refractivity contribution in [3.05, 3.63) is 41.6 Å². The second-order valence-corrected chi connectivity index (χ2v) is 6.06. The zero-order valence-electron chi connectivity index (χ0n) is 12.0. The molecule has 0 saturated heterocycles. The molecule has 0 aliphatic rings. The molecule has 0 radical (unpaired) electrons. The number of hydrogen-bond donors (Lipinski definition) is 1. The molecule has 2 heterocycles. The molecule has 108 valence electrons. The lowest BCUT2D eigenvalue weighted by Crippen LogP contribution is -1.89. The lowest BCUT2D eigenvalue weighted by Gasteiger charge is -2.01. The number of rotatable bonds is 4. The highest BCUT2D eigenvalue weighted by atomic mass is 32.2. The van der Waals surface area contributed by atoms with Crippen molar-refractivity contribution in [1.82, 2.24) is 25.4 Å². The molecule has 0 unspecified atom stereocenters. The average Bonchev–Trinajstić information content (AvgIpc) is 3.09. The number of hydrogen-bond acceptors (Lipinski definition) is 6. The first-order valence-electron chi connectivity index (χ1n) is 6.58. The Hall–Kier alpha value is -2.15. The first kappa shape index (κ1) is 13.8. The fourth-order valence-electron chi connectivity index (χ4n) is 1.82. The van der Waals surface area contributed by atoms with E-state index in [1.54, 1.807) is 6.92 Å². The molecule has 0 amide bonds. The van der Waals surface area contributed by atoms with Crippen LogP contribution in [-0.2, 0) is 0 Å². The van der Waals surface area contributed by atoms with E-state index >= 15 is 0 Å². The van der Waals surface area contributed by atoms with Gasteiger partial charge < -0.3 is 4.42 Å². The summed E-state index contributed by atoms with van der Waals surface area (Å²) in [6.07, 6.45) is 0. The molecular weight excluding hydrogens is 286 g/mol. The van der Waals surface area contributed by atoms with Crippen molar-refractivity contribution < 1.29 is 4.42 Å². The number of benzene rings is 1. The van der Waals surface area contributed by atoms with E-state index in [-0.39, 0.29) is 5.25 Å². The van der Waals surface area contributed by atoms with Crippen LogP contribution in [0, 0.1) is 13.8 Å². The van der Waals surface area contributed by atoms with Crippen molar-refractivity contribution in [3.63, 3.8) is 0 Å². The third-order valence-corrected chi connectivity index (χ3v) is 3.91. The molecule has 3 rings (SSSR count). The van der Waals surface area contributed by atoms with Crippen LogP contribution in [0.5, 0.6) is 0 Å². The lowest BCUT2D eigenvalue weighted by atomic mass is 10.1. The van der Waals surface area contributed by atoms with E-state index in [1.807, 2.05) is 19.1 Å². The second-order valence-electron chi connectivity index (χ2n) is 4.75. The van der Waals surface area contributed by atoms with Crippen molar-refractivity contribution in [2.24, 2.45) is 0 Å². The van der Waals surface area contributed by atoms with Crippen LogP contribution >= 0.6 is 11.8 Å². The molecule has 0 saturated carbocycles. The third-order valence-electron chi connectivity index (χ3n) is 2.96. The van der Waals surface area contributed by atoms with Gasteiger partial charge in [0.05, 0.1) is 5.25 Å². The topological polar surface area (TPSA) is 80.5 Å². The fraction of sp³-hybridized carbons (Fsp3) is 0.286. The summed E-state index contributed by atoms with van der Waals surface area (Å²) in [5.74, 6) is 1.90. The maximum absolute atomic E-state index is 5.41. The molecule has 0 spiro atoms. The van der Waals surface area contributed by atoms with Crippen LogP contribution in [0.15, 0.2) is 33.8 Å². The largest absolute Gasteiger partial charge is 0.424 e.